The lowest BCUT2D eigenvalue weighted by molar-refractivity contribution is 0.475. The third-order valence-corrected chi connectivity index (χ3v) is 4.63. The molecule has 0 aliphatic heterocycles. The second-order valence-electron chi connectivity index (χ2n) is 4.65. The van der Waals surface area contributed by atoms with Crippen molar-refractivity contribution in [2.45, 2.75) is 9.79 Å². The summed E-state index contributed by atoms with van der Waals surface area (Å²) in [5.74, 6) is 0.176. The van der Waals surface area contributed by atoms with Crippen LogP contribution in [0.15, 0.2) is 88.7 Å². The zero-order valence-electron chi connectivity index (χ0n) is 11.3. The first-order valence-electron chi connectivity index (χ1n) is 6.60. The van der Waals surface area contributed by atoms with Gasteiger partial charge in [-0.1, -0.05) is 42.5 Å². The third-order valence-electron chi connectivity index (χ3n) is 3.23. The minimum atomic E-state index is -1.23. The lowest BCUT2D eigenvalue weighted by Gasteiger charge is -2.05. The van der Waals surface area contributed by atoms with Crippen molar-refractivity contribution in [2.75, 3.05) is 0 Å². The molecule has 0 aliphatic carbocycles. The van der Waals surface area contributed by atoms with Gasteiger partial charge in [-0.2, -0.15) is 0 Å². The smallest absolute Gasteiger partial charge is 0.115 e. The van der Waals surface area contributed by atoms with E-state index in [2.05, 4.69) is 0 Å². The van der Waals surface area contributed by atoms with Crippen LogP contribution in [0.2, 0.25) is 0 Å². The molecule has 0 bridgehead atoms. The van der Waals surface area contributed by atoms with Crippen LogP contribution in [0.4, 0.5) is 0 Å². The van der Waals surface area contributed by atoms with Crippen LogP contribution in [0.25, 0.3) is 11.1 Å². The molecule has 0 saturated heterocycles. The minimum absolute atomic E-state index is 0.176. The van der Waals surface area contributed by atoms with Crippen molar-refractivity contribution < 1.29 is 9.32 Å². The summed E-state index contributed by atoms with van der Waals surface area (Å²) >= 11 is 0. The largest absolute Gasteiger partial charge is 0.508 e. The molecule has 3 rings (SSSR count). The average Bonchev–Trinajstić information content (AvgIpc) is 2.56. The molecule has 0 spiro atoms. The van der Waals surface area contributed by atoms with Crippen LogP contribution in [0, 0.1) is 0 Å². The standard InChI is InChI=1S/C18H14O2S/c19-16-8-12-18(13-9-16)21(20)17-10-6-15(7-11-17)14-4-2-1-3-5-14/h1-13,19H. The highest BCUT2D eigenvalue weighted by Crippen LogP contribution is 2.23. The van der Waals surface area contributed by atoms with Gasteiger partial charge in [-0.05, 0) is 47.5 Å². The first-order chi connectivity index (χ1) is 10.2. The second kappa shape index (κ2) is 5.94. The quantitative estimate of drug-likeness (QED) is 0.785. The molecule has 2 nitrogen and oxygen atoms in total. The van der Waals surface area contributed by atoms with E-state index in [0.717, 1.165) is 16.0 Å². The number of benzene rings is 3. The van der Waals surface area contributed by atoms with Crippen molar-refractivity contribution in [1.29, 1.82) is 0 Å². The molecule has 3 aromatic carbocycles. The topological polar surface area (TPSA) is 37.3 Å². The van der Waals surface area contributed by atoms with Gasteiger partial charge in [0.2, 0.25) is 0 Å². The molecule has 104 valence electrons. The highest BCUT2D eigenvalue weighted by atomic mass is 32.2. The third kappa shape index (κ3) is 3.03. The Bertz CT molecular complexity index is 747. The van der Waals surface area contributed by atoms with Crippen molar-refractivity contribution in [3.63, 3.8) is 0 Å². The second-order valence-corrected chi connectivity index (χ2v) is 6.13. The van der Waals surface area contributed by atoms with Gasteiger partial charge >= 0.3 is 0 Å². The summed E-state index contributed by atoms with van der Waals surface area (Å²) in [6.45, 7) is 0. The Morgan fingerprint density at radius 2 is 1.10 bits per heavy atom. The number of rotatable bonds is 3. The predicted molar refractivity (Wildman–Crippen MR) is 84.7 cm³/mol. The summed E-state index contributed by atoms with van der Waals surface area (Å²) in [5.41, 5.74) is 2.24. The lowest BCUT2D eigenvalue weighted by Crippen LogP contribution is -1.92. The van der Waals surface area contributed by atoms with Gasteiger partial charge in [-0.25, -0.2) is 4.21 Å². The zero-order valence-corrected chi connectivity index (χ0v) is 12.1. The number of aromatic hydroxyl groups is 1. The molecule has 1 atom stereocenters. The number of hydrogen-bond donors (Lipinski definition) is 1. The van der Waals surface area contributed by atoms with Crippen molar-refractivity contribution in [3.05, 3.63) is 78.9 Å². The number of hydrogen-bond acceptors (Lipinski definition) is 2. The Morgan fingerprint density at radius 1 is 0.619 bits per heavy atom. The van der Waals surface area contributed by atoms with E-state index < -0.39 is 10.8 Å². The summed E-state index contributed by atoms with van der Waals surface area (Å²) < 4.78 is 12.4. The SMILES string of the molecule is O=S(c1ccc(O)cc1)c1ccc(-c2ccccc2)cc1. The summed E-state index contributed by atoms with van der Waals surface area (Å²) in [6.07, 6.45) is 0. The molecule has 0 heterocycles. The number of phenolic OH excluding ortho intramolecular Hbond substituents is 1. The molecule has 21 heavy (non-hydrogen) atoms. The molecule has 0 aliphatic rings. The summed E-state index contributed by atoms with van der Waals surface area (Å²) in [6, 6.07) is 24.2. The molecular formula is C18H14O2S. The van der Waals surface area contributed by atoms with E-state index in [9.17, 15) is 9.32 Å². The van der Waals surface area contributed by atoms with Gasteiger partial charge in [0.05, 0.1) is 10.8 Å². The van der Waals surface area contributed by atoms with Gasteiger partial charge in [0.1, 0.15) is 5.75 Å². The first-order valence-corrected chi connectivity index (χ1v) is 7.75. The van der Waals surface area contributed by atoms with E-state index in [1.54, 1.807) is 24.3 Å². The van der Waals surface area contributed by atoms with E-state index in [0.29, 0.717) is 4.90 Å². The van der Waals surface area contributed by atoms with Gasteiger partial charge in [0.15, 0.2) is 0 Å². The molecule has 1 N–H and O–H groups in total. The normalized spacial score (nSPS) is 12.0. The Hall–Kier alpha value is -2.39. The van der Waals surface area contributed by atoms with Crippen molar-refractivity contribution in [2.24, 2.45) is 0 Å². The van der Waals surface area contributed by atoms with Gasteiger partial charge in [0, 0.05) is 9.79 Å². The number of phenols is 1. The highest BCUT2D eigenvalue weighted by molar-refractivity contribution is 7.85. The molecule has 0 saturated carbocycles. The molecule has 0 amide bonds. The Labute approximate surface area is 126 Å². The molecule has 3 aromatic rings. The van der Waals surface area contributed by atoms with Crippen LogP contribution in [-0.4, -0.2) is 9.32 Å². The van der Waals surface area contributed by atoms with Crippen LogP contribution in [0.1, 0.15) is 0 Å². The van der Waals surface area contributed by atoms with Crippen LogP contribution in [0.3, 0.4) is 0 Å². The maximum absolute atomic E-state index is 12.4. The maximum Gasteiger partial charge on any atom is 0.115 e. The molecule has 0 radical (unpaired) electrons. The summed E-state index contributed by atoms with van der Waals surface area (Å²) in [7, 11) is -1.23. The maximum atomic E-state index is 12.4. The molecule has 0 aromatic heterocycles. The molecule has 3 heteroatoms. The van der Waals surface area contributed by atoms with Gasteiger partial charge in [-0.15, -0.1) is 0 Å². The lowest BCUT2D eigenvalue weighted by atomic mass is 10.1. The summed E-state index contributed by atoms with van der Waals surface area (Å²) in [4.78, 5) is 1.43. The fraction of sp³-hybridized carbons (Fsp3) is 0. The van der Waals surface area contributed by atoms with Crippen LogP contribution >= 0.6 is 0 Å². The Kier molecular flexibility index (Phi) is 3.84. The van der Waals surface area contributed by atoms with Crippen LogP contribution < -0.4 is 0 Å². The van der Waals surface area contributed by atoms with Gasteiger partial charge < -0.3 is 5.11 Å². The molecular weight excluding hydrogens is 280 g/mol. The van der Waals surface area contributed by atoms with Crippen molar-refractivity contribution >= 4 is 10.8 Å². The van der Waals surface area contributed by atoms with E-state index in [1.807, 2.05) is 54.6 Å². The Balaban J connectivity index is 1.87. The minimum Gasteiger partial charge on any atom is -0.508 e. The monoisotopic (exact) mass is 294 g/mol. The molecule has 0 fully saturated rings. The fourth-order valence-corrected chi connectivity index (χ4v) is 3.15. The first kappa shape index (κ1) is 13.6. The molecule has 1 unspecified atom stereocenters. The van der Waals surface area contributed by atoms with Crippen molar-refractivity contribution in [3.8, 4) is 16.9 Å². The van der Waals surface area contributed by atoms with Gasteiger partial charge in [0.25, 0.3) is 0 Å². The van der Waals surface area contributed by atoms with E-state index >= 15 is 0 Å². The predicted octanol–water partition coefficient (Wildman–Crippen LogP) is 4.23. The summed E-state index contributed by atoms with van der Waals surface area (Å²) in [5, 5.41) is 9.27. The fourth-order valence-electron chi connectivity index (χ4n) is 2.11. The average molecular weight is 294 g/mol. The van der Waals surface area contributed by atoms with Crippen molar-refractivity contribution in [1.82, 2.24) is 0 Å². The Morgan fingerprint density at radius 3 is 1.67 bits per heavy atom. The van der Waals surface area contributed by atoms with Crippen LogP contribution in [0.5, 0.6) is 5.75 Å². The van der Waals surface area contributed by atoms with E-state index in [-0.39, 0.29) is 5.75 Å². The van der Waals surface area contributed by atoms with Gasteiger partial charge in [-0.3, -0.25) is 0 Å². The highest BCUT2D eigenvalue weighted by Gasteiger charge is 2.07. The van der Waals surface area contributed by atoms with E-state index in [4.69, 9.17) is 0 Å². The van der Waals surface area contributed by atoms with Crippen LogP contribution in [-0.2, 0) is 10.8 Å². The zero-order chi connectivity index (χ0) is 14.7. The van der Waals surface area contributed by atoms with E-state index in [1.165, 1.54) is 0 Å².